The summed E-state index contributed by atoms with van der Waals surface area (Å²) in [4.78, 5) is 11.7. The molecule has 0 aliphatic heterocycles. The summed E-state index contributed by atoms with van der Waals surface area (Å²) < 4.78 is 5.41. The number of hydrogen-bond acceptors (Lipinski definition) is 3. The SMILES string of the molecule is CCCc1ccc(OCC(=O)N/N=C/c2c(Cl)cccc2Cl)cc1. The van der Waals surface area contributed by atoms with Gasteiger partial charge in [0.15, 0.2) is 6.61 Å². The molecule has 2 rings (SSSR count). The number of carbonyl (C=O) groups is 1. The first kappa shape index (κ1) is 18.3. The van der Waals surface area contributed by atoms with Crippen LogP contribution in [0.5, 0.6) is 5.75 Å². The molecule has 0 spiro atoms. The van der Waals surface area contributed by atoms with E-state index in [0.717, 1.165) is 12.8 Å². The van der Waals surface area contributed by atoms with Gasteiger partial charge >= 0.3 is 0 Å². The van der Waals surface area contributed by atoms with E-state index in [9.17, 15) is 4.79 Å². The van der Waals surface area contributed by atoms with E-state index in [1.54, 1.807) is 18.2 Å². The van der Waals surface area contributed by atoms with Crippen molar-refractivity contribution in [2.45, 2.75) is 19.8 Å². The van der Waals surface area contributed by atoms with Gasteiger partial charge in [0.2, 0.25) is 0 Å². The van der Waals surface area contributed by atoms with Crippen molar-refractivity contribution in [1.82, 2.24) is 5.43 Å². The molecule has 2 aromatic carbocycles. The number of hydrazone groups is 1. The molecule has 0 atom stereocenters. The van der Waals surface area contributed by atoms with Gasteiger partial charge in [0, 0.05) is 5.56 Å². The molecule has 0 unspecified atom stereocenters. The van der Waals surface area contributed by atoms with Crippen LogP contribution in [0.1, 0.15) is 24.5 Å². The van der Waals surface area contributed by atoms with Crippen molar-refractivity contribution in [3.8, 4) is 5.75 Å². The molecule has 0 saturated carbocycles. The van der Waals surface area contributed by atoms with E-state index < -0.39 is 0 Å². The lowest BCUT2D eigenvalue weighted by Gasteiger charge is -2.06. The highest BCUT2D eigenvalue weighted by atomic mass is 35.5. The second-order valence-corrected chi connectivity index (χ2v) is 5.93. The van der Waals surface area contributed by atoms with Crippen molar-refractivity contribution in [3.63, 3.8) is 0 Å². The molecule has 6 heteroatoms. The molecule has 0 aliphatic rings. The summed E-state index contributed by atoms with van der Waals surface area (Å²) in [7, 11) is 0. The third-order valence-corrected chi connectivity index (χ3v) is 3.87. The lowest BCUT2D eigenvalue weighted by atomic mass is 10.1. The Morgan fingerprint density at radius 1 is 1.17 bits per heavy atom. The van der Waals surface area contributed by atoms with E-state index in [2.05, 4.69) is 17.5 Å². The number of aryl methyl sites for hydroxylation is 1. The molecule has 0 aliphatic carbocycles. The van der Waals surface area contributed by atoms with Gasteiger partial charge < -0.3 is 4.74 Å². The maximum absolute atomic E-state index is 11.7. The topological polar surface area (TPSA) is 50.7 Å². The van der Waals surface area contributed by atoms with Crippen LogP contribution in [0.3, 0.4) is 0 Å². The summed E-state index contributed by atoms with van der Waals surface area (Å²) in [6.45, 7) is 2.01. The molecule has 1 N–H and O–H groups in total. The molecule has 126 valence electrons. The van der Waals surface area contributed by atoms with E-state index in [-0.39, 0.29) is 12.5 Å². The van der Waals surface area contributed by atoms with Crippen LogP contribution < -0.4 is 10.2 Å². The van der Waals surface area contributed by atoms with Gasteiger partial charge in [0.25, 0.3) is 5.91 Å². The lowest BCUT2D eigenvalue weighted by molar-refractivity contribution is -0.123. The average Bonchev–Trinajstić information content (AvgIpc) is 2.57. The maximum atomic E-state index is 11.7. The Balaban J connectivity index is 1.82. The minimum atomic E-state index is -0.368. The minimum absolute atomic E-state index is 0.124. The van der Waals surface area contributed by atoms with Gasteiger partial charge in [-0.2, -0.15) is 5.10 Å². The molecule has 0 saturated heterocycles. The van der Waals surface area contributed by atoms with Gasteiger partial charge in [-0.25, -0.2) is 5.43 Å². The highest BCUT2D eigenvalue weighted by Gasteiger charge is 2.04. The number of rotatable bonds is 7. The maximum Gasteiger partial charge on any atom is 0.277 e. The summed E-state index contributed by atoms with van der Waals surface area (Å²) in [6.07, 6.45) is 3.53. The summed E-state index contributed by atoms with van der Waals surface area (Å²) in [5.74, 6) is 0.273. The van der Waals surface area contributed by atoms with Crippen LogP contribution >= 0.6 is 23.2 Å². The number of hydrogen-bond donors (Lipinski definition) is 1. The van der Waals surface area contributed by atoms with Gasteiger partial charge in [-0.05, 0) is 36.2 Å². The van der Waals surface area contributed by atoms with Crippen LogP contribution in [-0.4, -0.2) is 18.7 Å². The molecule has 0 bridgehead atoms. The zero-order valence-electron chi connectivity index (χ0n) is 13.3. The molecule has 0 aromatic heterocycles. The predicted molar refractivity (Wildman–Crippen MR) is 98.1 cm³/mol. The fraction of sp³-hybridized carbons (Fsp3) is 0.222. The van der Waals surface area contributed by atoms with Crippen molar-refractivity contribution in [2.75, 3.05) is 6.61 Å². The summed E-state index contributed by atoms with van der Waals surface area (Å²) in [5, 5.41) is 4.76. The third kappa shape index (κ3) is 5.55. The van der Waals surface area contributed by atoms with Crippen LogP contribution in [0, 0.1) is 0 Å². The first-order chi connectivity index (χ1) is 11.6. The second-order valence-electron chi connectivity index (χ2n) is 5.11. The standard InChI is InChI=1S/C18H18Cl2N2O2/c1-2-4-13-7-9-14(10-8-13)24-12-18(23)22-21-11-15-16(19)5-3-6-17(15)20/h3,5-11H,2,4,12H2,1H3,(H,22,23)/b21-11+. The molecule has 24 heavy (non-hydrogen) atoms. The van der Waals surface area contributed by atoms with Crippen molar-refractivity contribution in [1.29, 1.82) is 0 Å². The van der Waals surface area contributed by atoms with E-state index in [1.807, 2.05) is 24.3 Å². The number of amides is 1. The molecule has 0 fully saturated rings. The largest absolute Gasteiger partial charge is 0.484 e. The Bertz CT molecular complexity index is 695. The quantitative estimate of drug-likeness (QED) is 0.581. The molecular weight excluding hydrogens is 347 g/mol. The first-order valence-corrected chi connectivity index (χ1v) is 8.33. The van der Waals surface area contributed by atoms with Gasteiger partial charge in [0.1, 0.15) is 5.75 Å². The molecule has 0 radical (unpaired) electrons. The average molecular weight is 365 g/mol. The first-order valence-electron chi connectivity index (χ1n) is 7.57. The number of ether oxygens (including phenoxy) is 1. The number of carbonyl (C=O) groups excluding carboxylic acids is 1. The number of nitrogens with zero attached hydrogens (tertiary/aromatic N) is 1. The van der Waals surface area contributed by atoms with E-state index in [1.165, 1.54) is 11.8 Å². The molecule has 0 heterocycles. The number of benzene rings is 2. The summed E-state index contributed by atoms with van der Waals surface area (Å²) >= 11 is 12.0. The zero-order chi connectivity index (χ0) is 17.4. The van der Waals surface area contributed by atoms with Gasteiger partial charge in [-0.3, -0.25) is 4.79 Å². The van der Waals surface area contributed by atoms with Gasteiger partial charge in [-0.15, -0.1) is 0 Å². The van der Waals surface area contributed by atoms with Crippen LogP contribution in [0.2, 0.25) is 10.0 Å². The monoisotopic (exact) mass is 364 g/mol. The fourth-order valence-electron chi connectivity index (χ4n) is 2.03. The van der Waals surface area contributed by atoms with Crippen LogP contribution in [0.25, 0.3) is 0 Å². The number of nitrogens with one attached hydrogen (secondary N) is 1. The van der Waals surface area contributed by atoms with E-state index in [0.29, 0.717) is 21.4 Å². The molecule has 4 nitrogen and oxygen atoms in total. The summed E-state index contributed by atoms with van der Waals surface area (Å²) in [6, 6.07) is 12.8. The van der Waals surface area contributed by atoms with Crippen LogP contribution in [-0.2, 0) is 11.2 Å². The van der Waals surface area contributed by atoms with Crippen molar-refractivity contribution >= 4 is 35.3 Å². The fourth-order valence-corrected chi connectivity index (χ4v) is 2.52. The third-order valence-electron chi connectivity index (χ3n) is 3.21. The van der Waals surface area contributed by atoms with Crippen LogP contribution in [0.15, 0.2) is 47.6 Å². The smallest absolute Gasteiger partial charge is 0.277 e. The predicted octanol–water partition coefficient (Wildman–Crippen LogP) is 4.48. The van der Waals surface area contributed by atoms with Crippen molar-refractivity contribution in [2.24, 2.45) is 5.10 Å². The normalized spacial score (nSPS) is 10.8. The molecule has 2 aromatic rings. The highest BCUT2D eigenvalue weighted by molar-refractivity contribution is 6.38. The van der Waals surface area contributed by atoms with Crippen molar-refractivity contribution in [3.05, 3.63) is 63.6 Å². The Labute approximate surface area is 151 Å². The Morgan fingerprint density at radius 2 is 1.83 bits per heavy atom. The van der Waals surface area contributed by atoms with Crippen molar-refractivity contribution < 1.29 is 9.53 Å². The summed E-state index contributed by atoms with van der Waals surface area (Å²) in [5.41, 5.74) is 4.17. The van der Waals surface area contributed by atoms with Crippen LogP contribution in [0.4, 0.5) is 0 Å². The lowest BCUT2D eigenvalue weighted by Crippen LogP contribution is -2.24. The minimum Gasteiger partial charge on any atom is -0.484 e. The van der Waals surface area contributed by atoms with E-state index >= 15 is 0 Å². The molecular formula is C18H18Cl2N2O2. The van der Waals surface area contributed by atoms with E-state index in [4.69, 9.17) is 27.9 Å². The zero-order valence-corrected chi connectivity index (χ0v) is 14.8. The Hall–Kier alpha value is -2.04. The van der Waals surface area contributed by atoms with Gasteiger partial charge in [0.05, 0.1) is 16.3 Å². The highest BCUT2D eigenvalue weighted by Crippen LogP contribution is 2.22. The second kappa shape index (κ2) is 9.30. The Morgan fingerprint density at radius 3 is 2.46 bits per heavy atom. The molecule has 1 amide bonds. The van der Waals surface area contributed by atoms with Gasteiger partial charge in [-0.1, -0.05) is 54.7 Å². The number of halogens is 2. The Kier molecular flexibility index (Phi) is 7.09.